The van der Waals surface area contributed by atoms with Crippen molar-refractivity contribution < 1.29 is 22.5 Å². The Labute approximate surface area is 157 Å². The van der Waals surface area contributed by atoms with Gasteiger partial charge in [0.05, 0.1) is 16.6 Å². The Morgan fingerprint density at radius 1 is 1.26 bits per heavy atom. The molecule has 0 fully saturated rings. The molecule has 3 heterocycles. The predicted octanol–water partition coefficient (Wildman–Crippen LogP) is 4.57. The number of aromatic nitrogens is 1. The van der Waals surface area contributed by atoms with Gasteiger partial charge in [0.25, 0.3) is 5.88 Å². The van der Waals surface area contributed by atoms with Gasteiger partial charge in [0.2, 0.25) is 5.75 Å². The minimum absolute atomic E-state index is 0.0694. The second kappa shape index (κ2) is 6.84. The lowest BCUT2D eigenvalue weighted by Gasteiger charge is -2.21. The standard InChI is InChI=1S/C18H23FN3O4P/c1-4-22(5-2)8-6-7-11(3)20-16-15-13-9-12(19)10-14(15)24-27(23)25-17(16)18(21-13)26-27/h9-11H,4-8H2,1-3H3,(H,20,21). The Morgan fingerprint density at radius 3 is 2.78 bits per heavy atom. The molecule has 3 bridgehead atoms. The fourth-order valence-electron chi connectivity index (χ4n) is 3.52. The number of hydrogen-bond acceptors (Lipinski definition) is 7. The fourth-order valence-corrected chi connectivity index (χ4v) is 4.74. The lowest BCUT2D eigenvalue weighted by atomic mass is 10.1. The first-order chi connectivity index (χ1) is 12.9. The highest BCUT2D eigenvalue weighted by atomic mass is 31.2. The number of nitrogens with zero attached hydrogens (tertiary/aromatic N) is 2. The third-order valence-corrected chi connectivity index (χ3v) is 6.17. The van der Waals surface area contributed by atoms with Crippen molar-refractivity contribution in [1.82, 2.24) is 9.88 Å². The molecule has 2 atom stereocenters. The SMILES string of the molecule is CCN(CC)CCCC(C)Nc1c2c3nc4cc(F)cc(c14)OP(=O)(O3)O2. The highest BCUT2D eigenvalue weighted by Crippen LogP contribution is 2.65. The van der Waals surface area contributed by atoms with Gasteiger partial charge in [0.1, 0.15) is 11.6 Å². The molecular weight excluding hydrogens is 372 g/mol. The van der Waals surface area contributed by atoms with Crippen molar-refractivity contribution in [3.05, 3.63) is 17.9 Å². The fraction of sp³-hybridized carbons (Fsp3) is 0.500. The molecule has 0 saturated carbocycles. The number of anilines is 1. The van der Waals surface area contributed by atoms with Gasteiger partial charge in [-0.3, -0.25) is 0 Å². The molecule has 27 heavy (non-hydrogen) atoms. The van der Waals surface area contributed by atoms with Gasteiger partial charge in [-0.2, -0.15) is 4.57 Å². The summed E-state index contributed by atoms with van der Waals surface area (Å²) in [5, 5.41) is 3.97. The van der Waals surface area contributed by atoms with E-state index >= 15 is 0 Å². The summed E-state index contributed by atoms with van der Waals surface area (Å²) in [4.78, 5) is 6.62. The van der Waals surface area contributed by atoms with Gasteiger partial charge in [-0.05, 0) is 39.4 Å². The molecule has 1 aromatic carbocycles. The summed E-state index contributed by atoms with van der Waals surface area (Å²) in [6.45, 7) is 9.48. The molecule has 0 aliphatic carbocycles. The van der Waals surface area contributed by atoms with Gasteiger partial charge in [0.15, 0.2) is 0 Å². The zero-order valence-electron chi connectivity index (χ0n) is 15.6. The number of phosphoric ester groups is 1. The van der Waals surface area contributed by atoms with Crippen LogP contribution in [-0.4, -0.2) is 35.6 Å². The summed E-state index contributed by atoms with van der Waals surface area (Å²) in [7, 11) is -3.85. The number of rotatable bonds is 8. The zero-order valence-corrected chi connectivity index (χ0v) is 16.5. The molecule has 0 spiro atoms. The molecule has 9 heteroatoms. The van der Waals surface area contributed by atoms with Gasteiger partial charge in [-0.15, -0.1) is 0 Å². The van der Waals surface area contributed by atoms with Crippen LogP contribution < -0.4 is 18.9 Å². The Bertz CT molecular complexity index is 935. The van der Waals surface area contributed by atoms with E-state index in [2.05, 4.69) is 36.0 Å². The first kappa shape index (κ1) is 18.3. The van der Waals surface area contributed by atoms with Crippen LogP contribution >= 0.6 is 7.82 Å². The van der Waals surface area contributed by atoms with Crippen molar-refractivity contribution in [2.24, 2.45) is 0 Å². The average Bonchev–Trinajstić information content (AvgIpc) is 2.88. The molecule has 0 amide bonds. The van der Waals surface area contributed by atoms with Crippen LogP contribution in [0.25, 0.3) is 10.9 Å². The molecule has 0 radical (unpaired) electrons. The molecule has 7 nitrogen and oxygen atoms in total. The van der Waals surface area contributed by atoms with Crippen molar-refractivity contribution >= 4 is 24.4 Å². The molecule has 1 aromatic heterocycles. The van der Waals surface area contributed by atoms with Crippen molar-refractivity contribution in [1.29, 1.82) is 0 Å². The number of fused-ring (bicyclic) bond motifs is 1. The third-order valence-electron chi connectivity index (χ3n) is 4.95. The van der Waals surface area contributed by atoms with E-state index in [1.165, 1.54) is 12.1 Å². The van der Waals surface area contributed by atoms with Crippen LogP contribution in [0.2, 0.25) is 0 Å². The number of pyridine rings is 1. The van der Waals surface area contributed by atoms with Gasteiger partial charge >= 0.3 is 7.82 Å². The maximum atomic E-state index is 13.9. The minimum atomic E-state index is -3.85. The van der Waals surface area contributed by atoms with E-state index in [-0.39, 0.29) is 23.4 Å². The summed E-state index contributed by atoms with van der Waals surface area (Å²) in [5.41, 5.74) is 0.967. The van der Waals surface area contributed by atoms with E-state index in [0.29, 0.717) is 16.6 Å². The lowest BCUT2D eigenvalue weighted by Crippen LogP contribution is -2.25. The predicted molar refractivity (Wildman–Crippen MR) is 101 cm³/mol. The van der Waals surface area contributed by atoms with Gasteiger partial charge in [-0.25, -0.2) is 9.37 Å². The molecular formula is C18H23FN3O4P. The highest BCUT2D eigenvalue weighted by molar-refractivity contribution is 7.50. The smallest absolute Gasteiger partial charge is 0.385 e. The molecule has 146 valence electrons. The highest BCUT2D eigenvalue weighted by Gasteiger charge is 2.47. The van der Waals surface area contributed by atoms with E-state index in [4.69, 9.17) is 13.6 Å². The van der Waals surface area contributed by atoms with Crippen LogP contribution in [0.3, 0.4) is 0 Å². The lowest BCUT2D eigenvalue weighted by molar-refractivity contribution is 0.295. The van der Waals surface area contributed by atoms with Crippen LogP contribution in [0.1, 0.15) is 33.6 Å². The second-order valence-electron chi connectivity index (χ2n) is 6.85. The summed E-state index contributed by atoms with van der Waals surface area (Å²) in [6, 6.07) is 2.60. The first-order valence-corrected chi connectivity index (χ1v) is 10.7. The number of nitrogens with one attached hydrogen (secondary N) is 1. The third kappa shape index (κ3) is 3.32. The normalized spacial score (nSPS) is 20.5. The topological polar surface area (TPSA) is 72.9 Å². The Morgan fingerprint density at radius 2 is 2.04 bits per heavy atom. The van der Waals surface area contributed by atoms with E-state index < -0.39 is 13.6 Å². The molecule has 0 saturated heterocycles. The molecule has 2 aliphatic rings. The molecule has 4 rings (SSSR count). The number of halogens is 1. The van der Waals surface area contributed by atoms with Crippen LogP contribution in [0.4, 0.5) is 10.1 Å². The van der Waals surface area contributed by atoms with Crippen LogP contribution in [-0.2, 0) is 4.57 Å². The Hall–Kier alpha value is -2.05. The van der Waals surface area contributed by atoms with E-state index in [9.17, 15) is 8.96 Å². The van der Waals surface area contributed by atoms with Crippen molar-refractivity contribution in [2.75, 3.05) is 25.0 Å². The molecule has 2 aromatic rings. The summed E-state index contributed by atoms with van der Waals surface area (Å²) >= 11 is 0. The van der Waals surface area contributed by atoms with Crippen LogP contribution in [0.5, 0.6) is 17.4 Å². The number of benzene rings is 1. The zero-order chi connectivity index (χ0) is 19.2. The molecule has 1 N–H and O–H groups in total. The summed E-state index contributed by atoms with van der Waals surface area (Å²) in [5.74, 6) is -0.0624. The minimum Gasteiger partial charge on any atom is -0.385 e. The molecule has 2 unspecified atom stereocenters. The number of hydrogen-bond donors (Lipinski definition) is 1. The van der Waals surface area contributed by atoms with Crippen LogP contribution in [0.15, 0.2) is 12.1 Å². The van der Waals surface area contributed by atoms with Gasteiger partial charge in [-0.1, -0.05) is 13.8 Å². The number of phosphoric acid groups is 1. The maximum Gasteiger partial charge on any atom is 0.648 e. The Balaban J connectivity index is 1.62. The first-order valence-electron chi connectivity index (χ1n) is 9.27. The van der Waals surface area contributed by atoms with E-state index in [0.717, 1.165) is 32.5 Å². The average molecular weight is 395 g/mol. The Kier molecular flexibility index (Phi) is 4.64. The summed E-state index contributed by atoms with van der Waals surface area (Å²) < 4.78 is 42.6. The van der Waals surface area contributed by atoms with Gasteiger partial charge < -0.3 is 23.8 Å². The maximum absolute atomic E-state index is 13.9. The second-order valence-corrected chi connectivity index (χ2v) is 8.30. The van der Waals surface area contributed by atoms with Crippen molar-refractivity contribution in [2.45, 2.75) is 39.7 Å². The monoisotopic (exact) mass is 395 g/mol. The largest absolute Gasteiger partial charge is 0.648 e. The van der Waals surface area contributed by atoms with Gasteiger partial charge in [0, 0.05) is 18.2 Å². The van der Waals surface area contributed by atoms with Crippen molar-refractivity contribution in [3.8, 4) is 17.4 Å². The van der Waals surface area contributed by atoms with E-state index in [1.807, 2.05) is 0 Å². The molecule has 2 aliphatic heterocycles. The van der Waals surface area contributed by atoms with Crippen molar-refractivity contribution in [3.63, 3.8) is 0 Å². The summed E-state index contributed by atoms with van der Waals surface area (Å²) in [6.07, 6.45) is 1.97. The van der Waals surface area contributed by atoms with Crippen LogP contribution in [0, 0.1) is 5.82 Å². The van der Waals surface area contributed by atoms with E-state index in [1.54, 1.807) is 0 Å². The quantitative estimate of drug-likeness (QED) is 0.657.